The van der Waals surface area contributed by atoms with Gasteiger partial charge in [-0.1, -0.05) is 12.1 Å². The lowest BCUT2D eigenvalue weighted by Gasteiger charge is -2.15. The molecule has 0 saturated carbocycles. The zero-order valence-corrected chi connectivity index (χ0v) is 13.5. The third-order valence-electron chi connectivity index (χ3n) is 3.76. The van der Waals surface area contributed by atoms with Crippen LogP contribution in [0.15, 0.2) is 10.6 Å². The van der Waals surface area contributed by atoms with Gasteiger partial charge >= 0.3 is 0 Å². The van der Waals surface area contributed by atoms with Gasteiger partial charge in [0.1, 0.15) is 11.9 Å². The molecule has 1 unspecified atom stereocenters. The average Bonchev–Trinajstić information content (AvgIpc) is 3.02. The van der Waals surface area contributed by atoms with Gasteiger partial charge < -0.3 is 9.84 Å². The molecular weight excluding hydrogens is 280 g/mol. The third kappa shape index (κ3) is 2.43. The first-order chi connectivity index (χ1) is 10.5. The van der Waals surface area contributed by atoms with Crippen LogP contribution in [0.2, 0.25) is 0 Å². The summed E-state index contributed by atoms with van der Waals surface area (Å²) in [6.45, 7) is 9.88. The highest BCUT2D eigenvalue weighted by Gasteiger charge is 2.19. The van der Waals surface area contributed by atoms with Crippen LogP contribution in [0.25, 0.3) is 5.65 Å². The van der Waals surface area contributed by atoms with E-state index in [1.165, 1.54) is 0 Å². The molecule has 3 heterocycles. The lowest BCUT2D eigenvalue weighted by molar-refractivity contribution is 0.356. The van der Waals surface area contributed by atoms with Crippen molar-refractivity contribution >= 4 is 11.5 Å². The molecule has 1 atom stereocenters. The summed E-state index contributed by atoms with van der Waals surface area (Å²) in [6, 6.07) is 1.92. The van der Waals surface area contributed by atoms with Crippen molar-refractivity contribution in [1.82, 2.24) is 24.7 Å². The fraction of sp³-hybridized carbons (Fsp3) is 0.467. The first-order valence-electron chi connectivity index (χ1n) is 7.40. The summed E-state index contributed by atoms with van der Waals surface area (Å²) in [7, 11) is 0. The molecule has 3 aromatic rings. The highest BCUT2D eigenvalue weighted by Crippen LogP contribution is 2.24. The Hall–Kier alpha value is -2.44. The maximum absolute atomic E-state index is 5.29. The summed E-state index contributed by atoms with van der Waals surface area (Å²) in [6.07, 6.45) is 0.823. The van der Waals surface area contributed by atoms with Crippen LogP contribution in [0.3, 0.4) is 0 Å². The highest BCUT2D eigenvalue weighted by molar-refractivity contribution is 5.56. The summed E-state index contributed by atoms with van der Waals surface area (Å²) in [5, 5.41) is 11.9. The van der Waals surface area contributed by atoms with Gasteiger partial charge in [-0.25, -0.2) is 4.98 Å². The Morgan fingerprint density at radius 3 is 2.64 bits per heavy atom. The van der Waals surface area contributed by atoms with Gasteiger partial charge in [-0.3, -0.25) is 0 Å². The van der Waals surface area contributed by atoms with Gasteiger partial charge in [0.15, 0.2) is 11.5 Å². The van der Waals surface area contributed by atoms with Gasteiger partial charge in [-0.2, -0.15) is 14.6 Å². The SMILES string of the molecule is CCC(Nc1cc(C)nc2c(C)c(C)nn12)c1nc(C)no1. The van der Waals surface area contributed by atoms with Gasteiger partial charge in [0.05, 0.1) is 5.69 Å². The molecule has 7 nitrogen and oxygen atoms in total. The highest BCUT2D eigenvalue weighted by atomic mass is 16.5. The van der Waals surface area contributed by atoms with Crippen LogP contribution in [0.4, 0.5) is 5.82 Å². The summed E-state index contributed by atoms with van der Waals surface area (Å²) in [4.78, 5) is 8.89. The Kier molecular flexibility index (Phi) is 3.56. The van der Waals surface area contributed by atoms with E-state index in [9.17, 15) is 0 Å². The van der Waals surface area contributed by atoms with Crippen molar-refractivity contribution in [3.63, 3.8) is 0 Å². The smallest absolute Gasteiger partial charge is 0.249 e. The molecule has 0 radical (unpaired) electrons. The minimum Gasteiger partial charge on any atom is -0.358 e. The van der Waals surface area contributed by atoms with Crippen molar-refractivity contribution < 1.29 is 4.52 Å². The van der Waals surface area contributed by atoms with Crippen LogP contribution >= 0.6 is 0 Å². The lowest BCUT2D eigenvalue weighted by Crippen LogP contribution is -2.14. The molecule has 7 heteroatoms. The van der Waals surface area contributed by atoms with Crippen LogP contribution in [0, 0.1) is 27.7 Å². The normalized spacial score (nSPS) is 12.8. The number of hydrogen-bond acceptors (Lipinski definition) is 6. The fourth-order valence-corrected chi connectivity index (χ4v) is 2.42. The molecule has 0 aliphatic heterocycles. The van der Waals surface area contributed by atoms with Crippen LogP contribution in [-0.4, -0.2) is 24.7 Å². The molecule has 22 heavy (non-hydrogen) atoms. The molecule has 1 N–H and O–H groups in total. The van der Waals surface area contributed by atoms with E-state index in [1.807, 2.05) is 38.3 Å². The lowest BCUT2D eigenvalue weighted by atomic mass is 10.2. The van der Waals surface area contributed by atoms with Gasteiger partial charge in [0.2, 0.25) is 5.89 Å². The fourth-order valence-electron chi connectivity index (χ4n) is 2.42. The molecule has 0 aliphatic rings. The summed E-state index contributed by atoms with van der Waals surface area (Å²) < 4.78 is 7.13. The number of aryl methyl sites for hydroxylation is 4. The number of hydrogen-bond donors (Lipinski definition) is 1. The summed E-state index contributed by atoms with van der Waals surface area (Å²) in [5.74, 6) is 2.10. The minimum absolute atomic E-state index is 0.0592. The number of nitrogens with one attached hydrogen (secondary N) is 1. The minimum atomic E-state index is -0.0592. The standard InChI is InChI=1S/C15H20N6O/c1-6-12(15-17-11(5)20-22-15)18-13-7-8(2)16-14-9(3)10(4)19-21(13)14/h7,12,18H,6H2,1-5H3. The average molecular weight is 300 g/mol. The Morgan fingerprint density at radius 1 is 1.23 bits per heavy atom. The third-order valence-corrected chi connectivity index (χ3v) is 3.76. The molecule has 3 aromatic heterocycles. The van der Waals surface area contributed by atoms with E-state index in [4.69, 9.17) is 4.52 Å². The second kappa shape index (κ2) is 5.40. The van der Waals surface area contributed by atoms with E-state index < -0.39 is 0 Å². The van der Waals surface area contributed by atoms with Crippen molar-refractivity contribution in [2.75, 3.05) is 5.32 Å². The molecule has 0 saturated heterocycles. The second-order valence-electron chi connectivity index (χ2n) is 5.51. The molecule has 0 fully saturated rings. The van der Waals surface area contributed by atoms with Crippen LogP contribution in [0.5, 0.6) is 0 Å². The van der Waals surface area contributed by atoms with Crippen molar-refractivity contribution in [3.8, 4) is 0 Å². The van der Waals surface area contributed by atoms with Gasteiger partial charge in [-0.05, 0) is 34.1 Å². The van der Waals surface area contributed by atoms with Gasteiger partial charge in [-0.15, -0.1) is 0 Å². The monoisotopic (exact) mass is 300 g/mol. The number of nitrogens with zero attached hydrogens (tertiary/aromatic N) is 5. The van der Waals surface area contributed by atoms with Gasteiger partial charge in [0.25, 0.3) is 0 Å². The number of rotatable bonds is 4. The predicted molar refractivity (Wildman–Crippen MR) is 82.9 cm³/mol. The zero-order chi connectivity index (χ0) is 15.9. The Bertz CT molecular complexity index is 819. The number of aromatic nitrogens is 5. The molecule has 0 bridgehead atoms. The zero-order valence-electron chi connectivity index (χ0n) is 13.5. The molecule has 3 rings (SSSR count). The number of anilines is 1. The molecule has 0 aromatic carbocycles. The summed E-state index contributed by atoms with van der Waals surface area (Å²) >= 11 is 0. The van der Waals surface area contributed by atoms with Crippen molar-refractivity contribution in [1.29, 1.82) is 0 Å². The molecular formula is C15H20N6O. The Morgan fingerprint density at radius 2 is 2.00 bits per heavy atom. The predicted octanol–water partition coefficient (Wildman–Crippen LogP) is 2.91. The van der Waals surface area contributed by atoms with E-state index >= 15 is 0 Å². The van der Waals surface area contributed by atoms with E-state index in [-0.39, 0.29) is 6.04 Å². The Balaban J connectivity index is 2.04. The number of fused-ring (bicyclic) bond motifs is 1. The maximum Gasteiger partial charge on any atom is 0.249 e. The molecule has 116 valence electrons. The molecule has 0 amide bonds. The topological polar surface area (TPSA) is 81.1 Å². The largest absolute Gasteiger partial charge is 0.358 e. The quantitative estimate of drug-likeness (QED) is 0.798. The van der Waals surface area contributed by atoms with E-state index in [1.54, 1.807) is 0 Å². The van der Waals surface area contributed by atoms with E-state index in [0.29, 0.717) is 11.7 Å². The van der Waals surface area contributed by atoms with Crippen molar-refractivity contribution in [2.24, 2.45) is 0 Å². The van der Waals surface area contributed by atoms with Crippen molar-refractivity contribution in [2.45, 2.75) is 47.1 Å². The Labute approximate surface area is 128 Å². The van der Waals surface area contributed by atoms with Crippen molar-refractivity contribution in [3.05, 3.63) is 34.7 Å². The second-order valence-corrected chi connectivity index (χ2v) is 5.51. The first kappa shape index (κ1) is 14.5. The molecule has 0 aliphatic carbocycles. The van der Waals surface area contributed by atoms with Gasteiger partial charge in [0, 0.05) is 17.3 Å². The molecule has 0 spiro atoms. The summed E-state index contributed by atoms with van der Waals surface area (Å²) in [5.41, 5.74) is 3.88. The van der Waals surface area contributed by atoms with E-state index in [2.05, 4.69) is 32.5 Å². The van der Waals surface area contributed by atoms with Crippen LogP contribution in [-0.2, 0) is 0 Å². The van der Waals surface area contributed by atoms with Crippen LogP contribution < -0.4 is 5.32 Å². The van der Waals surface area contributed by atoms with Crippen LogP contribution in [0.1, 0.15) is 48.1 Å². The first-order valence-corrected chi connectivity index (χ1v) is 7.40. The maximum atomic E-state index is 5.29. The van der Waals surface area contributed by atoms with E-state index in [0.717, 1.165) is 34.8 Å².